The van der Waals surface area contributed by atoms with Gasteiger partial charge in [-0.3, -0.25) is 14.4 Å². The number of carbonyl (C=O) groups is 3. The van der Waals surface area contributed by atoms with Gasteiger partial charge in [-0.15, -0.1) is 0 Å². The van der Waals surface area contributed by atoms with Crippen LogP contribution in [0.2, 0.25) is 0 Å². The van der Waals surface area contributed by atoms with Crippen LogP contribution in [0, 0.1) is 0 Å². The van der Waals surface area contributed by atoms with E-state index in [2.05, 4.69) is 5.32 Å². The van der Waals surface area contributed by atoms with Gasteiger partial charge in [-0.05, 0) is 58.1 Å². The van der Waals surface area contributed by atoms with E-state index >= 15 is 0 Å². The van der Waals surface area contributed by atoms with Crippen LogP contribution in [0.3, 0.4) is 0 Å². The van der Waals surface area contributed by atoms with Crippen LogP contribution in [0.1, 0.15) is 42.6 Å². The monoisotopic (exact) mass is 520 g/mol. The first-order valence-corrected chi connectivity index (χ1v) is 12.5. The van der Waals surface area contributed by atoms with E-state index < -0.39 is 14.7 Å². The molecule has 0 aliphatic heterocycles. The zero-order valence-corrected chi connectivity index (χ0v) is 21.9. The highest BCUT2D eigenvalue weighted by Gasteiger charge is 2.28. The van der Waals surface area contributed by atoms with Gasteiger partial charge in [0, 0.05) is 24.2 Å². The van der Waals surface area contributed by atoms with E-state index in [1.807, 2.05) is 30.1 Å². The molecular formula is C26H34FN2O6P. The van der Waals surface area contributed by atoms with Crippen molar-refractivity contribution in [3.8, 4) is 5.75 Å². The molecule has 10 heteroatoms. The maximum atomic E-state index is 12.4. The van der Waals surface area contributed by atoms with Crippen molar-refractivity contribution in [3.63, 3.8) is 0 Å². The van der Waals surface area contributed by atoms with Crippen LogP contribution in [0.25, 0.3) is 0 Å². The first-order chi connectivity index (χ1) is 17.2. The van der Waals surface area contributed by atoms with E-state index in [0.29, 0.717) is 42.9 Å². The highest BCUT2D eigenvalue weighted by Crippen LogP contribution is 2.23. The molecule has 2 aromatic rings. The average molecular weight is 521 g/mol. The van der Waals surface area contributed by atoms with Gasteiger partial charge in [0.05, 0.1) is 6.42 Å². The minimum Gasteiger partial charge on any atom is -0.490 e. The largest absolute Gasteiger partial charge is 0.490 e. The van der Waals surface area contributed by atoms with Crippen LogP contribution in [0.15, 0.2) is 54.6 Å². The third kappa shape index (κ3) is 10.4. The van der Waals surface area contributed by atoms with E-state index in [1.54, 1.807) is 36.4 Å². The summed E-state index contributed by atoms with van der Waals surface area (Å²) >= 11 is 0. The number of carbonyl (C=O) groups excluding carboxylic acids is 3. The summed E-state index contributed by atoms with van der Waals surface area (Å²) in [6.45, 7) is 4.97. The summed E-state index contributed by atoms with van der Waals surface area (Å²) in [5, 5.41) is 2.72. The topological polar surface area (TPSA) is 94.2 Å². The molecule has 0 bridgehead atoms. The maximum absolute atomic E-state index is 12.4. The number of hydrogen-bond donors (Lipinski definition) is 1. The molecule has 1 amide bonds. The summed E-state index contributed by atoms with van der Waals surface area (Å²) in [7, 11) is 0.631. The summed E-state index contributed by atoms with van der Waals surface area (Å²) in [4.78, 5) is 38.3. The molecule has 8 nitrogen and oxygen atoms in total. The van der Waals surface area contributed by atoms with Crippen LogP contribution in [0.5, 0.6) is 5.75 Å². The fourth-order valence-corrected chi connectivity index (χ4v) is 3.43. The lowest BCUT2D eigenvalue weighted by atomic mass is 10.0. The Labute approximate surface area is 213 Å². The summed E-state index contributed by atoms with van der Waals surface area (Å²) in [6, 6.07) is 15.9. The van der Waals surface area contributed by atoms with E-state index in [9.17, 15) is 18.6 Å². The third-order valence-corrected chi connectivity index (χ3v) is 5.90. The molecule has 1 atom stereocenters. The number of rotatable bonds is 16. The molecule has 0 saturated heterocycles. The molecule has 196 valence electrons. The minimum atomic E-state index is -1.25. The van der Waals surface area contributed by atoms with Crippen molar-refractivity contribution in [2.24, 2.45) is 0 Å². The molecule has 1 N–H and O–H groups in total. The Bertz CT molecular complexity index is 972. The van der Waals surface area contributed by atoms with Gasteiger partial charge in [0.2, 0.25) is 9.12 Å². The number of nitrogens with one attached hydrogen (secondary N) is 1. The normalized spacial score (nSPS) is 11.6. The number of amides is 1. The molecule has 0 fully saturated rings. The molecule has 1 unspecified atom stereocenters. The van der Waals surface area contributed by atoms with Gasteiger partial charge >= 0.3 is 5.97 Å². The molecule has 0 aliphatic carbocycles. The van der Waals surface area contributed by atoms with E-state index in [1.165, 1.54) is 13.8 Å². The van der Waals surface area contributed by atoms with Gasteiger partial charge < -0.3 is 24.2 Å². The Hall–Kier alpha value is -2.87. The summed E-state index contributed by atoms with van der Waals surface area (Å²) in [5.74, 6) is -0.160. The second kappa shape index (κ2) is 15.3. The van der Waals surface area contributed by atoms with Gasteiger partial charge in [0.1, 0.15) is 24.6 Å². The molecule has 0 heterocycles. The molecule has 0 radical (unpaired) electrons. The van der Waals surface area contributed by atoms with Crippen LogP contribution in [-0.2, 0) is 18.8 Å². The van der Waals surface area contributed by atoms with Crippen molar-refractivity contribution < 1.29 is 32.6 Å². The Morgan fingerprint density at radius 1 is 0.972 bits per heavy atom. The van der Waals surface area contributed by atoms with Gasteiger partial charge in [0.15, 0.2) is 5.78 Å². The van der Waals surface area contributed by atoms with Crippen LogP contribution in [0.4, 0.5) is 4.20 Å². The molecule has 0 spiro atoms. The lowest BCUT2D eigenvalue weighted by Gasteiger charge is -2.22. The number of hydrogen-bond acceptors (Lipinski definition) is 7. The van der Waals surface area contributed by atoms with Gasteiger partial charge in [-0.2, -0.15) is 4.20 Å². The molecular weight excluding hydrogens is 486 g/mol. The predicted octanol–water partition coefficient (Wildman–Crippen LogP) is 3.94. The first-order valence-electron chi connectivity index (χ1n) is 11.7. The fraction of sp³-hybridized carbons (Fsp3) is 0.423. The van der Waals surface area contributed by atoms with Gasteiger partial charge in [-0.25, -0.2) is 0 Å². The highest BCUT2D eigenvalue weighted by atomic mass is 31.1. The summed E-state index contributed by atoms with van der Waals surface area (Å²) < 4.78 is 27.9. The van der Waals surface area contributed by atoms with Crippen LogP contribution in [-0.4, -0.2) is 68.1 Å². The van der Waals surface area contributed by atoms with E-state index in [4.69, 9.17) is 14.0 Å². The van der Waals surface area contributed by atoms with Crippen molar-refractivity contribution in [1.29, 1.82) is 0 Å². The lowest BCUT2D eigenvalue weighted by Crippen LogP contribution is -2.43. The fourth-order valence-electron chi connectivity index (χ4n) is 3.15. The Morgan fingerprint density at radius 2 is 1.64 bits per heavy atom. The summed E-state index contributed by atoms with van der Waals surface area (Å²) in [5.41, 5.74) is -0.00118. The molecule has 0 aromatic heterocycles. The summed E-state index contributed by atoms with van der Waals surface area (Å²) in [6.07, 6.45) is 0.909. The van der Waals surface area contributed by atoms with E-state index in [0.717, 1.165) is 0 Å². The second-order valence-electron chi connectivity index (χ2n) is 8.64. The lowest BCUT2D eigenvalue weighted by molar-refractivity contribution is -0.144. The zero-order chi connectivity index (χ0) is 26.4. The molecule has 2 aromatic carbocycles. The highest BCUT2D eigenvalue weighted by molar-refractivity contribution is 7.25. The maximum Gasteiger partial charge on any atom is 0.307 e. The van der Waals surface area contributed by atoms with E-state index in [-0.39, 0.29) is 37.3 Å². The number of nitrogens with zero attached hydrogens (tertiary/aromatic N) is 1. The van der Waals surface area contributed by atoms with Crippen LogP contribution >= 0.6 is 9.12 Å². The minimum absolute atomic E-state index is 0.0572. The molecule has 2 rings (SSSR count). The zero-order valence-electron chi connectivity index (χ0n) is 20.9. The number of esters is 1. The van der Waals surface area contributed by atoms with Crippen molar-refractivity contribution in [2.75, 3.05) is 39.9 Å². The van der Waals surface area contributed by atoms with Gasteiger partial charge in [0.25, 0.3) is 5.91 Å². The second-order valence-corrected chi connectivity index (χ2v) is 9.00. The SMILES string of the molecule is CN(CCCNC(=O)C(C)(C)OPF)CCC(=O)OCCOc1ccc(C(=O)c2ccccc2)cc1. The number of ether oxygens (including phenoxy) is 2. The van der Waals surface area contributed by atoms with Crippen molar-refractivity contribution in [3.05, 3.63) is 65.7 Å². The number of benzene rings is 2. The molecule has 0 saturated carbocycles. The quantitative estimate of drug-likeness (QED) is 0.155. The van der Waals surface area contributed by atoms with Crippen molar-refractivity contribution in [2.45, 2.75) is 32.3 Å². The molecule has 36 heavy (non-hydrogen) atoms. The van der Waals surface area contributed by atoms with Crippen molar-refractivity contribution >= 4 is 26.8 Å². The number of halogens is 1. The molecule has 0 aliphatic rings. The Morgan fingerprint density at radius 3 is 2.31 bits per heavy atom. The van der Waals surface area contributed by atoms with Gasteiger partial charge in [-0.1, -0.05) is 30.3 Å². The number of ketones is 1. The Kier molecular flexibility index (Phi) is 12.5. The first kappa shape index (κ1) is 29.4. The average Bonchev–Trinajstić information content (AvgIpc) is 2.88. The third-order valence-electron chi connectivity index (χ3n) is 5.31. The van der Waals surface area contributed by atoms with Crippen LogP contribution < -0.4 is 10.1 Å². The Balaban J connectivity index is 1.56. The standard InChI is InChI=1S/C26H34FN2O6P/c1-26(2,35-36-27)25(32)28-15-7-16-29(3)17-14-23(30)34-19-18-33-22-12-10-21(11-13-22)24(31)20-8-5-4-6-9-20/h4-6,8-13,36H,7,14-19H2,1-3H3,(H,28,32). The smallest absolute Gasteiger partial charge is 0.307 e. The predicted molar refractivity (Wildman–Crippen MR) is 137 cm³/mol. The van der Waals surface area contributed by atoms with Crippen molar-refractivity contribution in [1.82, 2.24) is 10.2 Å².